The number of carbonyl (C=O) groups excluding carboxylic acids is 1. The van der Waals surface area contributed by atoms with Crippen LogP contribution < -0.4 is 4.90 Å². The van der Waals surface area contributed by atoms with E-state index in [1.807, 2.05) is 4.90 Å². The number of amides is 1. The largest absolute Gasteiger partial charge is 0.307 e. The number of piperidine rings is 1. The number of aryl methyl sites for hydroxylation is 1. The third-order valence-corrected chi connectivity index (χ3v) is 4.56. The number of benzene rings is 1. The van der Waals surface area contributed by atoms with Crippen molar-refractivity contribution in [3.05, 3.63) is 29.3 Å². The van der Waals surface area contributed by atoms with Crippen LogP contribution in [0.5, 0.6) is 0 Å². The first-order chi connectivity index (χ1) is 9.11. The molecule has 110 valence electrons. The highest BCUT2D eigenvalue weighted by atomic mass is 35.5. The SMILES string of the molecule is Cc1ccc2c(c1)C1CN(C)CCC1N2C(=O)CCl.Cl. The van der Waals surface area contributed by atoms with E-state index in [4.69, 9.17) is 11.6 Å². The molecule has 1 aromatic rings. The van der Waals surface area contributed by atoms with Crippen LogP contribution in [-0.4, -0.2) is 42.9 Å². The smallest absolute Gasteiger partial charge is 0.242 e. The number of hydrogen-bond acceptors (Lipinski definition) is 2. The van der Waals surface area contributed by atoms with Gasteiger partial charge in [-0.15, -0.1) is 24.0 Å². The Bertz CT molecular complexity index is 521. The molecule has 0 N–H and O–H groups in total. The van der Waals surface area contributed by atoms with E-state index >= 15 is 0 Å². The summed E-state index contributed by atoms with van der Waals surface area (Å²) in [5, 5.41) is 0. The van der Waals surface area contributed by atoms with E-state index in [-0.39, 0.29) is 24.2 Å². The van der Waals surface area contributed by atoms with Gasteiger partial charge in [-0.05, 0) is 38.6 Å². The van der Waals surface area contributed by atoms with Crippen LogP contribution in [0.3, 0.4) is 0 Å². The van der Waals surface area contributed by atoms with Crippen LogP contribution in [0.1, 0.15) is 23.5 Å². The maximum Gasteiger partial charge on any atom is 0.242 e. The third-order valence-electron chi connectivity index (χ3n) is 4.34. The molecule has 2 aliphatic heterocycles. The Morgan fingerprint density at radius 1 is 1.45 bits per heavy atom. The van der Waals surface area contributed by atoms with E-state index in [9.17, 15) is 4.79 Å². The summed E-state index contributed by atoms with van der Waals surface area (Å²) in [5.41, 5.74) is 3.64. The van der Waals surface area contributed by atoms with Crippen molar-refractivity contribution < 1.29 is 4.79 Å². The molecule has 1 amide bonds. The third kappa shape index (κ3) is 2.43. The Morgan fingerprint density at radius 3 is 2.90 bits per heavy atom. The first-order valence-corrected chi connectivity index (χ1v) is 7.32. The van der Waals surface area contributed by atoms with Gasteiger partial charge in [-0.2, -0.15) is 0 Å². The lowest BCUT2D eigenvalue weighted by molar-refractivity contribution is -0.116. The summed E-state index contributed by atoms with van der Waals surface area (Å²) < 4.78 is 0. The minimum absolute atomic E-state index is 0. The summed E-state index contributed by atoms with van der Waals surface area (Å²) in [6.45, 7) is 4.17. The number of anilines is 1. The molecule has 1 saturated heterocycles. The summed E-state index contributed by atoms with van der Waals surface area (Å²) >= 11 is 5.79. The lowest BCUT2D eigenvalue weighted by Gasteiger charge is -2.36. The van der Waals surface area contributed by atoms with Crippen LogP contribution in [-0.2, 0) is 4.79 Å². The number of hydrogen-bond donors (Lipinski definition) is 0. The lowest BCUT2D eigenvalue weighted by Crippen LogP contribution is -2.47. The van der Waals surface area contributed by atoms with E-state index in [1.165, 1.54) is 11.1 Å². The number of fused-ring (bicyclic) bond motifs is 3. The maximum absolute atomic E-state index is 12.2. The van der Waals surface area contributed by atoms with E-state index in [0.29, 0.717) is 12.0 Å². The minimum Gasteiger partial charge on any atom is -0.307 e. The molecule has 20 heavy (non-hydrogen) atoms. The number of alkyl halides is 1. The second-order valence-corrected chi connectivity index (χ2v) is 5.95. The molecule has 5 heteroatoms. The highest BCUT2D eigenvalue weighted by Gasteiger charge is 2.43. The van der Waals surface area contributed by atoms with Crippen molar-refractivity contribution in [1.82, 2.24) is 4.90 Å². The first-order valence-electron chi connectivity index (χ1n) is 6.79. The second-order valence-electron chi connectivity index (χ2n) is 5.68. The van der Waals surface area contributed by atoms with Gasteiger partial charge in [0.1, 0.15) is 5.88 Å². The van der Waals surface area contributed by atoms with Gasteiger partial charge in [-0.25, -0.2) is 0 Å². The molecular formula is C15H20Cl2N2O. The van der Waals surface area contributed by atoms with Gasteiger partial charge in [-0.3, -0.25) is 4.79 Å². The number of likely N-dealkylation sites (N-methyl/N-ethyl adjacent to an activating group) is 1. The Kier molecular flexibility index (Phi) is 4.62. The molecule has 0 aromatic heterocycles. The van der Waals surface area contributed by atoms with Crippen molar-refractivity contribution in [2.24, 2.45) is 0 Å². The molecule has 0 bridgehead atoms. The molecule has 2 heterocycles. The van der Waals surface area contributed by atoms with Crippen molar-refractivity contribution in [3.63, 3.8) is 0 Å². The lowest BCUT2D eigenvalue weighted by atomic mass is 9.89. The fraction of sp³-hybridized carbons (Fsp3) is 0.533. The molecule has 2 atom stereocenters. The van der Waals surface area contributed by atoms with Gasteiger partial charge in [0.2, 0.25) is 5.91 Å². The monoisotopic (exact) mass is 314 g/mol. The van der Waals surface area contributed by atoms with Gasteiger partial charge in [0.05, 0.1) is 0 Å². The molecule has 0 aliphatic carbocycles. The Balaban J connectivity index is 0.00000147. The van der Waals surface area contributed by atoms with Gasteiger partial charge < -0.3 is 9.80 Å². The molecule has 3 nitrogen and oxygen atoms in total. The molecule has 1 fully saturated rings. The first kappa shape index (κ1) is 15.6. The highest BCUT2D eigenvalue weighted by molar-refractivity contribution is 6.29. The van der Waals surface area contributed by atoms with E-state index in [1.54, 1.807) is 0 Å². The van der Waals surface area contributed by atoms with Crippen LogP contribution >= 0.6 is 24.0 Å². The quantitative estimate of drug-likeness (QED) is 0.744. The van der Waals surface area contributed by atoms with E-state index < -0.39 is 0 Å². The number of likely N-dealkylation sites (tertiary alicyclic amines) is 1. The van der Waals surface area contributed by atoms with Crippen LogP contribution in [0.2, 0.25) is 0 Å². The Morgan fingerprint density at radius 2 is 2.20 bits per heavy atom. The van der Waals surface area contributed by atoms with Crippen LogP contribution in [0, 0.1) is 6.92 Å². The summed E-state index contributed by atoms with van der Waals surface area (Å²) in [5.74, 6) is 0.525. The predicted molar refractivity (Wildman–Crippen MR) is 85.3 cm³/mol. The van der Waals surface area contributed by atoms with Crippen molar-refractivity contribution >= 4 is 35.6 Å². The van der Waals surface area contributed by atoms with E-state index in [0.717, 1.165) is 25.2 Å². The zero-order chi connectivity index (χ0) is 13.6. The molecule has 0 spiro atoms. The van der Waals surface area contributed by atoms with Crippen LogP contribution in [0.4, 0.5) is 5.69 Å². The van der Waals surface area contributed by atoms with Gasteiger partial charge in [0.25, 0.3) is 0 Å². The van der Waals surface area contributed by atoms with Gasteiger partial charge in [0, 0.05) is 24.2 Å². The zero-order valence-electron chi connectivity index (χ0n) is 11.8. The number of rotatable bonds is 1. The predicted octanol–water partition coefficient (Wildman–Crippen LogP) is 2.79. The average Bonchev–Trinajstić information content (AvgIpc) is 2.71. The van der Waals surface area contributed by atoms with Crippen molar-refractivity contribution in [1.29, 1.82) is 0 Å². The van der Waals surface area contributed by atoms with Crippen LogP contribution in [0.25, 0.3) is 0 Å². The molecule has 1 aromatic carbocycles. The van der Waals surface area contributed by atoms with E-state index in [2.05, 4.69) is 37.1 Å². The summed E-state index contributed by atoms with van der Waals surface area (Å²) in [6, 6.07) is 6.68. The topological polar surface area (TPSA) is 23.6 Å². The van der Waals surface area contributed by atoms with Gasteiger partial charge in [-0.1, -0.05) is 17.7 Å². The van der Waals surface area contributed by atoms with Crippen molar-refractivity contribution in [2.45, 2.75) is 25.3 Å². The second kappa shape index (κ2) is 5.92. The minimum atomic E-state index is 0. The summed E-state index contributed by atoms with van der Waals surface area (Å²) in [7, 11) is 2.15. The van der Waals surface area contributed by atoms with Gasteiger partial charge >= 0.3 is 0 Å². The summed E-state index contributed by atoms with van der Waals surface area (Å²) in [4.78, 5) is 16.5. The normalized spacial score (nSPS) is 24.9. The number of halogens is 2. The Labute approximate surface area is 131 Å². The average molecular weight is 315 g/mol. The number of carbonyl (C=O) groups is 1. The molecule has 2 unspecified atom stereocenters. The van der Waals surface area contributed by atoms with Gasteiger partial charge in [0.15, 0.2) is 0 Å². The summed E-state index contributed by atoms with van der Waals surface area (Å²) in [6.07, 6.45) is 1.03. The fourth-order valence-electron chi connectivity index (χ4n) is 3.47. The van der Waals surface area contributed by atoms with Crippen molar-refractivity contribution in [3.8, 4) is 0 Å². The number of nitrogens with zero attached hydrogens (tertiary/aromatic N) is 2. The maximum atomic E-state index is 12.2. The molecular weight excluding hydrogens is 295 g/mol. The van der Waals surface area contributed by atoms with Crippen LogP contribution in [0.15, 0.2) is 18.2 Å². The molecule has 3 rings (SSSR count). The zero-order valence-corrected chi connectivity index (χ0v) is 13.4. The molecule has 2 aliphatic rings. The Hall–Kier alpha value is -0.770. The fourth-order valence-corrected chi connectivity index (χ4v) is 3.60. The standard InChI is InChI=1S/C15H19ClN2O.ClH/c1-10-3-4-13-11(7-10)12-9-17(2)6-5-14(12)18(13)15(19)8-16;/h3-4,7,12,14H,5-6,8-9H2,1-2H3;1H. The molecule has 0 radical (unpaired) electrons. The molecule has 0 saturated carbocycles. The van der Waals surface area contributed by atoms with Crippen molar-refractivity contribution in [2.75, 3.05) is 30.9 Å². The highest BCUT2D eigenvalue weighted by Crippen LogP contribution is 2.44.